The van der Waals surface area contributed by atoms with Gasteiger partial charge in [0.15, 0.2) is 0 Å². The van der Waals surface area contributed by atoms with Crippen LogP contribution < -0.4 is 10.6 Å². The molecule has 1 rings (SSSR count). The molecule has 0 spiro atoms. The number of anilines is 1. The first-order valence-electron chi connectivity index (χ1n) is 4.76. The van der Waals surface area contributed by atoms with Gasteiger partial charge in [0.05, 0.1) is 17.8 Å². The van der Waals surface area contributed by atoms with Crippen LogP contribution in [0.5, 0.6) is 0 Å². The Balaban J connectivity index is 2.74. The minimum absolute atomic E-state index is 0.0256. The van der Waals surface area contributed by atoms with Crippen LogP contribution in [-0.4, -0.2) is 30.1 Å². The zero-order valence-electron chi connectivity index (χ0n) is 8.91. The summed E-state index contributed by atoms with van der Waals surface area (Å²) >= 11 is 3.10. The Labute approximate surface area is 109 Å². The first-order chi connectivity index (χ1) is 8.40. The predicted octanol–water partition coefficient (Wildman–Crippen LogP) is 2.53. The number of hydrogen-bond acceptors (Lipinski definition) is 2. The lowest BCUT2D eigenvalue weighted by atomic mass is 10.2. The molecule has 0 radical (unpaired) electrons. The molecule has 98 valence electrons. The van der Waals surface area contributed by atoms with Crippen LogP contribution in [0.2, 0.25) is 0 Å². The molecule has 0 atom stereocenters. The third-order valence-electron chi connectivity index (χ3n) is 1.88. The van der Waals surface area contributed by atoms with Crippen LogP contribution in [0.15, 0.2) is 22.7 Å². The number of carboxylic acid groups (broad SMARTS) is 1. The number of hydrogen-bond donors (Lipinski definition) is 3. The van der Waals surface area contributed by atoms with Crippen LogP contribution in [0.4, 0.5) is 19.3 Å². The second-order valence-electron chi connectivity index (χ2n) is 3.23. The summed E-state index contributed by atoms with van der Waals surface area (Å²) in [5, 5.41) is 13.0. The molecule has 1 aromatic rings. The van der Waals surface area contributed by atoms with Crippen molar-refractivity contribution in [2.24, 2.45) is 0 Å². The summed E-state index contributed by atoms with van der Waals surface area (Å²) in [6.45, 7) is -0.776. The minimum atomic E-state index is -2.65. The highest BCUT2D eigenvalue weighted by Gasteiger charge is 2.11. The van der Waals surface area contributed by atoms with Crippen molar-refractivity contribution in [2.45, 2.75) is 6.43 Å². The van der Waals surface area contributed by atoms with Crippen LogP contribution >= 0.6 is 15.9 Å². The zero-order valence-corrected chi connectivity index (χ0v) is 10.5. The van der Waals surface area contributed by atoms with Crippen molar-refractivity contribution < 1.29 is 23.5 Å². The van der Waals surface area contributed by atoms with Gasteiger partial charge in [-0.2, -0.15) is 0 Å². The smallest absolute Gasteiger partial charge is 0.335 e. The largest absolute Gasteiger partial charge is 0.478 e. The van der Waals surface area contributed by atoms with Gasteiger partial charge in [-0.3, -0.25) is 0 Å². The topological polar surface area (TPSA) is 78.4 Å². The van der Waals surface area contributed by atoms with Gasteiger partial charge in [-0.25, -0.2) is 18.4 Å². The fourth-order valence-electron chi connectivity index (χ4n) is 1.09. The molecule has 8 heteroatoms. The summed E-state index contributed by atoms with van der Waals surface area (Å²) in [6, 6.07) is 3.16. The summed E-state index contributed by atoms with van der Waals surface area (Å²) in [6.07, 6.45) is -2.65. The maximum Gasteiger partial charge on any atom is 0.335 e. The van der Waals surface area contributed by atoms with E-state index >= 15 is 0 Å². The molecule has 0 fully saturated rings. The van der Waals surface area contributed by atoms with Gasteiger partial charge >= 0.3 is 12.0 Å². The van der Waals surface area contributed by atoms with Crippen molar-refractivity contribution in [2.75, 3.05) is 11.9 Å². The molecule has 0 aromatic heterocycles. The maximum atomic E-state index is 11.9. The lowest BCUT2D eigenvalue weighted by molar-refractivity contribution is 0.0697. The summed E-state index contributed by atoms with van der Waals surface area (Å²) < 4.78 is 24.2. The van der Waals surface area contributed by atoms with Crippen molar-refractivity contribution in [1.82, 2.24) is 5.32 Å². The highest BCUT2D eigenvalue weighted by Crippen LogP contribution is 2.23. The Morgan fingerprint density at radius 3 is 2.61 bits per heavy atom. The quantitative estimate of drug-likeness (QED) is 0.797. The molecule has 0 saturated carbocycles. The molecule has 0 aliphatic carbocycles. The van der Waals surface area contributed by atoms with Gasteiger partial charge in [-0.1, -0.05) is 0 Å². The van der Waals surface area contributed by atoms with E-state index < -0.39 is 25.0 Å². The van der Waals surface area contributed by atoms with E-state index in [4.69, 9.17) is 5.11 Å². The number of aromatic carboxylic acids is 1. The second-order valence-corrected chi connectivity index (χ2v) is 4.08. The molecule has 2 amide bonds. The number of carbonyl (C=O) groups excluding carboxylic acids is 1. The molecule has 0 saturated heterocycles. The van der Waals surface area contributed by atoms with E-state index in [2.05, 4.69) is 21.2 Å². The fraction of sp³-hybridized carbons (Fsp3) is 0.200. The lowest BCUT2D eigenvalue weighted by Gasteiger charge is -2.09. The molecular formula is C10H9BrF2N2O3. The highest BCUT2D eigenvalue weighted by molar-refractivity contribution is 9.10. The van der Waals surface area contributed by atoms with E-state index in [1.807, 2.05) is 5.32 Å². The average Bonchev–Trinajstić information content (AvgIpc) is 2.29. The van der Waals surface area contributed by atoms with Crippen molar-refractivity contribution in [1.29, 1.82) is 0 Å². The Bertz CT molecular complexity index is 468. The molecular weight excluding hydrogens is 314 g/mol. The van der Waals surface area contributed by atoms with Gasteiger partial charge in [0.1, 0.15) is 0 Å². The summed E-state index contributed by atoms with van der Waals surface area (Å²) in [5.41, 5.74) is 0.157. The minimum Gasteiger partial charge on any atom is -0.478 e. The molecule has 3 N–H and O–H groups in total. The number of benzene rings is 1. The van der Waals surface area contributed by atoms with Gasteiger partial charge in [-0.05, 0) is 34.1 Å². The number of halogens is 3. The number of urea groups is 1. The van der Waals surface area contributed by atoms with Gasteiger partial charge in [0, 0.05) is 4.47 Å². The summed E-state index contributed by atoms with van der Waals surface area (Å²) in [5.74, 6) is -1.15. The fourth-order valence-corrected chi connectivity index (χ4v) is 1.44. The van der Waals surface area contributed by atoms with E-state index in [-0.39, 0.29) is 11.3 Å². The number of amides is 2. The summed E-state index contributed by atoms with van der Waals surface area (Å²) in [7, 11) is 0. The first-order valence-corrected chi connectivity index (χ1v) is 5.55. The third kappa shape index (κ3) is 4.28. The van der Waals surface area contributed by atoms with Crippen molar-refractivity contribution >= 4 is 33.6 Å². The third-order valence-corrected chi connectivity index (χ3v) is 2.57. The number of alkyl halides is 2. The first kappa shape index (κ1) is 14.4. The van der Waals surface area contributed by atoms with E-state index in [1.165, 1.54) is 18.2 Å². The highest BCUT2D eigenvalue weighted by atomic mass is 79.9. The Morgan fingerprint density at radius 1 is 1.39 bits per heavy atom. The summed E-state index contributed by atoms with van der Waals surface area (Å²) in [4.78, 5) is 21.9. The van der Waals surface area contributed by atoms with Crippen LogP contribution in [0.3, 0.4) is 0 Å². The Kier molecular flexibility index (Phi) is 5.02. The SMILES string of the molecule is O=C(NCC(F)F)Nc1cc(C(=O)O)ccc1Br. The Morgan fingerprint density at radius 2 is 2.06 bits per heavy atom. The van der Waals surface area contributed by atoms with Gasteiger partial charge in [0.2, 0.25) is 0 Å². The molecule has 0 aliphatic rings. The van der Waals surface area contributed by atoms with Crippen LogP contribution in [0.25, 0.3) is 0 Å². The lowest BCUT2D eigenvalue weighted by Crippen LogP contribution is -2.32. The zero-order chi connectivity index (χ0) is 13.7. The molecule has 0 unspecified atom stereocenters. The van der Waals surface area contributed by atoms with Crippen LogP contribution in [-0.2, 0) is 0 Å². The molecule has 1 aromatic carbocycles. The molecule has 0 heterocycles. The molecule has 5 nitrogen and oxygen atoms in total. The average molecular weight is 323 g/mol. The standard InChI is InChI=1S/C10H9BrF2N2O3/c11-6-2-1-5(9(16)17)3-7(6)15-10(18)14-4-8(12)13/h1-3,8H,4H2,(H,16,17)(H2,14,15,18). The van der Waals surface area contributed by atoms with Gasteiger partial charge < -0.3 is 15.7 Å². The van der Waals surface area contributed by atoms with Gasteiger partial charge in [-0.15, -0.1) is 0 Å². The Hall–Kier alpha value is -1.70. The molecule has 0 aliphatic heterocycles. The van der Waals surface area contributed by atoms with Crippen molar-refractivity contribution in [3.63, 3.8) is 0 Å². The maximum absolute atomic E-state index is 11.9. The van der Waals surface area contributed by atoms with Gasteiger partial charge in [0.25, 0.3) is 6.43 Å². The van der Waals surface area contributed by atoms with Crippen LogP contribution in [0.1, 0.15) is 10.4 Å². The monoisotopic (exact) mass is 322 g/mol. The number of carboxylic acids is 1. The number of nitrogens with one attached hydrogen (secondary N) is 2. The van der Waals surface area contributed by atoms with E-state index in [9.17, 15) is 18.4 Å². The van der Waals surface area contributed by atoms with E-state index in [1.54, 1.807) is 0 Å². The normalized spacial score (nSPS) is 10.2. The van der Waals surface area contributed by atoms with E-state index in [0.29, 0.717) is 4.47 Å². The molecule has 0 bridgehead atoms. The molecule has 18 heavy (non-hydrogen) atoms. The van der Waals surface area contributed by atoms with Crippen molar-refractivity contribution in [3.05, 3.63) is 28.2 Å². The van der Waals surface area contributed by atoms with E-state index in [0.717, 1.165) is 0 Å². The number of rotatable bonds is 4. The second kappa shape index (κ2) is 6.29. The van der Waals surface area contributed by atoms with Crippen LogP contribution in [0, 0.1) is 0 Å². The van der Waals surface area contributed by atoms with Crippen molar-refractivity contribution in [3.8, 4) is 0 Å². The number of carbonyl (C=O) groups is 2. The predicted molar refractivity (Wildman–Crippen MR) is 64.1 cm³/mol.